The third-order valence-electron chi connectivity index (χ3n) is 3.08. The topological polar surface area (TPSA) is 45.2 Å². The maximum absolute atomic E-state index is 12.4. The summed E-state index contributed by atoms with van der Waals surface area (Å²) < 4.78 is 0. The summed E-state index contributed by atoms with van der Waals surface area (Å²) in [6.07, 6.45) is 3.94. The molecule has 0 radical (unpaired) electrons. The minimum absolute atomic E-state index is 0.112. The molecule has 1 N–H and O–H groups in total. The zero-order chi connectivity index (χ0) is 13.1. The van der Waals surface area contributed by atoms with Gasteiger partial charge in [0, 0.05) is 25.8 Å². The molecule has 1 fully saturated rings. The number of hydrogen-bond donors (Lipinski definition) is 1. The van der Waals surface area contributed by atoms with Gasteiger partial charge < -0.3 is 10.2 Å². The quantitative estimate of drug-likeness (QED) is 0.869. The Morgan fingerprint density at radius 1 is 1.50 bits per heavy atom. The van der Waals surface area contributed by atoms with E-state index in [2.05, 4.69) is 24.1 Å². The summed E-state index contributed by atoms with van der Waals surface area (Å²) in [6, 6.07) is 4.13. The SMILES string of the molecule is CNc1ccc(C(=O)N(CC(C)C)C2CC2)cn1. The van der Waals surface area contributed by atoms with Gasteiger partial charge in [0.1, 0.15) is 5.82 Å². The molecular formula is C14H21N3O. The lowest BCUT2D eigenvalue weighted by molar-refractivity contribution is 0.0722. The van der Waals surface area contributed by atoms with Crippen molar-refractivity contribution in [3.63, 3.8) is 0 Å². The number of hydrogen-bond acceptors (Lipinski definition) is 3. The van der Waals surface area contributed by atoms with Gasteiger partial charge in [0.25, 0.3) is 5.91 Å². The highest BCUT2D eigenvalue weighted by Crippen LogP contribution is 2.29. The highest BCUT2D eigenvalue weighted by atomic mass is 16.2. The summed E-state index contributed by atoms with van der Waals surface area (Å²) in [7, 11) is 1.82. The summed E-state index contributed by atoms with van der Waals surface area (Å²) in [5.41, 5.74) is 0.682. The van der Waals surface area contributed by atoms with E-state index in [1.54, 1.807) is 6.20 Å². The first kappa shape index (κ1) is 12.9. The van der Waals surface area contributed by atoms with Gasteiger partial charge in [-0.2, -0.15) is 0 Å². The Balaban J connectivity index is 2.11. The smallest absolute Gasteiger partial charge is 0.255 e. The molecule has 4 nitrogen and oxygen atoms in total. The van der Waals surface area contributed by atoms with Gasteiger partial charge in [-0.15, -0.1) is 0 Å². The highest BCUT2D eigenvalue weighted by molar-refractivity contribution is 5.94. The van der Waals surface area contributed by atoms with E-state index in [-0.39, 0.29) is 5.91 Å². The summed E-state index contributed by atoms with van der Waals surface area (Å²) in [5, 5.41) is 2.95. The molecule has 18 heavy (non-hydrogen) atoms. The first-order chi connectivity index (χ1) is 8.61. The Bertz CT molecular complexity index is 410. The van der Waals surface area contributed by atoms with E-state index in [9.17, 15) is 4.79 Å². The van der Waals surface area contributed by atoms with Gasteiger partial charge in [0.15, 0.2) is 0 Å². The Labute approximate surface area is 108 Å². The molecule has 1 aromatic heterocycles. The van der Waals surface area contributed by atoms with Crippen LogP contribution in [0.15, 0.2) is 18.3 Å². The Hall–Kier alpha value is -1.58. The molecule has 1 aliphatic rings. The molecule has 1 amide bonds. The van der Waals surface area contributed by atoms with Crippen molar-refractivity contribution in [2.75, 3.05) is 18.9 Å². The third kappa shape index (κ3) is 3.00. The fraction of sp³-hybridized carbons (Fsp3) is 0.571. The zero-order valence-electron chi connectivity index (χ0n) is 11.3. The fourth-order valence-corrected chi connectivity index (χ4v) is 2.01. The van der Waals surface area contributed by atoms with Crippen LogP contribution in [0.2, 0.25) is 0 Å². The van der Waals surface area contributed by atoms with Crippen LogP contribution in [0.1, 0.15) is 37.0 Å². The predicted molar refractivity (Wildman–Crippen MR) is 72.7 cm³/mol. The average molecular weight is 247 g/mol. The van der Waals surface area contributed by atoms with E-state index in [1.807, 2.05) is 24.1 Å². The fourth-order valence-electron chi connectivity index (χ4n) is 2.01. The molecule has 1 aliphatic carbocycles. The Kier molecular flexibility index (Phi) is 3.84. The van der Waals surface area contributed by atoms with Gasteiger partial charge in [-0.25, -0.2) is 4.98 Å². The molecular weight excluding hydrogens is 226 g/mol. The first-order valence-electron chi connectivity index (χ1n) is 6.56. The predicted octanol–water partition coefficient (Wildman–Crippen LogP) is 2.38. The highest BCUT2D eigenvalue weighted by Gasteiger charge is 2.33. The van der Waals surface area contributed by atoms with Gasteiger partial charge in [-0.1, -0.05) is 13.8 Å². The van der Waals surface area contributed by atoms with Crippen molar-refractivity contribution < 1.29 is 4.79 Å². The van der Waals surface area contributed by atoms with Crippen molar-refractivity contribution in [3.8, 4) is 0 Å². The monoisotopic (exact) mass is 247 g/mol. The molecule has 4 heteroatoms. The molecule has 0 aliphatic heterocycles. The normalized spacial score (nSPS) is 14.7. The minimum Gasteiger partial charge on any atom is -0.373 e. The number of amides is 1. The standard InChI is InChI=1S/C14H21N3O/c1-10(2)9-17(12-5-6-12)14(18)11-4-7-13(15-3)16-8-11/h4,7-8,10,12H,5-6,9H2,1-3H3,(H,15,16). The van der Waals surface area contributed by atoms with Crippen LogP contribution >= 0.6 is 0 Å². The van der Waals surface area contributed by atoms with Crippen LogP contribution < -0.4 is 5.32 Å². The maximum atomic E-state index is 12.4. The largest absolute Gasteiger partial charge is 0.373 e. The van der Waals surface area contributed by atoms with E-state index in [4.69, 9.17) is 0 Å². The maximum Gasteiger partial charge on any atom is 0.255 e. The molecule has 2 rings (SSSR count). The third-order valence-corrected chi connectivity index (χ3v) is 3.08. The van der Waals surface area contributed by atoms with Gasteiger partial charge in [0.05, 0.1) is 5.56 Å². The van der Waals surface area contributed by atoms with Crippen LogP contribution in [0.3, 0.4) is 0 Å². The number of aromatic nitrogens is 1. The van der Waals surface area contributed by atoms with Crippen molar-refractivity contribution in [3.05, 3.63) is 23.9 Å². The lowest BCUT2D eigenvalue weighted by Crippen LogP contribution is -2.36. The van der Waals surface area contributed by atoms with E-state index in [0.29, 0.717) is 17.5 Å². The average Bonchev–Trinajstić information content (AvgIpc) is 3.19. The van der Waals surface area contributed by atoms with Crippen molar-refractivity contribution in [2.45, 2.75) is 32.7 Å². The summed E-state index contributed by atoms with van der Waals surface area (Å²) in [4.78, 5) is 18.6. The van der Waals surface area contributed by atoms with Crippen LogP contribution in [-0.2, 0) is 0 Å². The van der Waals surface area contributed by atoms with Crippen LogP contribution in [0.25, 0.3) is 0 Å². The molecule has 1 heterocycles. The molecule has 0 aromatic carbocycles. The van der Waals surface area contributed by atoms with Gasteiger partial charge in [-0.05, 0) is 30.9 Å². The first-order valence-corrected chi connectivity index (χ1v) is 6.56. The van der Waals surface area contributed by atoms with Crippen LogP contribution in [0.5, 0.6) is 0 Å². The number of pyridine rings is 1. The lowest BCUT2D eigenvalue weighted by atomic mass is 10.1. The van der Waals surface area contributed by atoms with E-state index in [0.717, 1.165) is 25.2 Å². The van der Waals surface area contributed by atoms with E-state index >= 15 is 0 Å². The Morgan fingerprint density at radius 2 is 2.22 bits per heavy atom. The number of anilines is 1. The van der Waals surface area contributed by atoms with Crippen LogP contribution in [-0.4, -0.2) is 35.4 Å². The Morgan fingerprint density at radius 3 is 2.67 bits per heavy atom. The number of nitrogens with zero attached hydrogens (tertiary/aromatic N) is 2. The number of carbonyl (C=O) groups is 1. The van der Waals surface area contributed by atoms with Gasteiger partial charge >= 0.3 is 0 Å². The molecule has 0 atom stereocenters. The van der Waals surface area contributed by atoms with Crippen molar-refractivity contribution >= 4 is 11.7 Å². The number of carbonyl (C=O) groups excluding carboxylic acids is 1. The second-order valence-corrected chi connectivity index (χ2v) is 5.26. The van der Waals surface area contributed by atoms with Gasteiger partial charge in [-0.3, -0.25) is 4.79 Å². The number of rotatable bonds is 5. The molecule has 0 unspecified atom stereocenters. The van der Waals surface area contributed by atoms with Crippen LogP contribution in [0.4, 0.5) is 5.82 Å². The molecule has 0 saturated heterocycles. The zero-order valence-corrected chi connectivity index (χ0v) is 11.3. The van der Waals surface area contributed by atoms with Gasteiger partial charge in [0.2, 0.25) is 0 Å². The molecule has 1 aromatic rings. The van der Waals surface area contributed by atoms with E-state index in [1.165, 1.54) is 0 Å². The molecule has 1 saturated carbocycles. The molecule has 0 spiro atoms. The van der Waals surface area contributed by atoms with Crippen molar-refractivity contribution in [2.24, 2.45) is 5.92 Å². The van der Waals surface area contributed by atoms with E-state index < -0.39 is 0 Å². The van der Waals surface area contributed by atoms with Crippen LogP contribution in [0, 0.1) is 5.92 Å². The summed E-state index contributed by atoms with van der Waals surface area (Å²) in [6.45, 7) is 5.12. The second kappa shape index (κ2) is 5.38. The summed E-state index contributed by atoms with van der Waals surface area (Å²) >= 11 is 0. The van der Waals surface area contributed by atoms with Crippen molar-refractivity contribution in [1.29, 1.82) is 0 Å². The van der Waals surface area contributed by atoms with Crippen molar-refractivity contribution in [1.82, 2.24) is 9.88 Å². The summed E-state index contributed by atoms with van der Waals surface area (Å²) in [5.74, 6) is 1.40. The number of nitrogens with one attached hydrogen (secondary N) is 1. The second-order valence-electron chi connectivity index (χ2n) is 5.26. The minimum atomic E-state index is 0.112. The molecule has 0 bridgehead atoms. The lowest BCUT2D eigenvalue weighted by Gasteiger charge is -2.24. The molecule has 98 valence electrons.